The number of nitrogens with one attached hydrogen (secondary N) is 1. The molecule has 1 heterocycles. The molecule has 0 unspecified atom stereocenters. The van der Waals surface area contributed by atoms with E-state index in [0.29, 0.717) is 17.1 Å². The SMILES string of the molecule is N#C/C(=C/c1ccc(-c2cccc(C(=O)O)c2)o1)C(=O)NC1CCCCC1. The zero-order valence-electron chi connectivity index (χ0n) is 14.8. The molecule has 2 N–H and O–H groups in total. The van der Waals surface area contributed by atoms with Crippen molar-refractivity contribution in [2.75, 3.05) is 0 Å². The quantitative estimate of drug-likeness (QED) is 0.616. The average molecular weight is 364 g/mol. The van der Waals surface area contributed by atoms with Crippen LogP contribution < -0.4 is 5.32 Å². The molecule has 27 heavy (non-hydrogen) atoms. The highest BCUT2D eigenvalue weighted by atomic mass is 16.4. The maximum atomic E-state index is 12.3. The predicted molar refractivity (Wildman–Crippen MR) is 99.7 cm³/mol. The summed E-state index contributed by atoms with van der Waals surface area (Å²) in [7, 11) is 0. The molecule has 1 aliphatic rings. The summed E-state index contributed by atoms with van der Waals surface area (Å²) in [4.78, 5) is 23.4. The molecule has 6 nitrogen and oxygen atoms in total. The first-order valence-corrected chi connectivity index (χ1v) is 8.93. The first-order valence-electron chi connectivity index (χ1n) is 8.93. The lowest BCUT2D eigenvalue weighted by Gasteiger charge is -2.22. The molecular weight excluding hydrogens is 344 g/mol. The molecular formula is C21H20N2O4. The standard InChI is InChI=1S/C21H20N2O4/c22-13-16(20(24)23-17-7-2-1-3-8-17)12-18-9-10-19(27-18)14-5-4-6-15(11-14)21(25)26/h4-6,9-12,17H,1-3,7-8H2,(H,23,24)(H,25,26)/b16-12-. The van der Waals surface area contributed by atoms with E-state index in [1.807, 2.05) is 6.07 Å². The van der Waals surface area contributed by atoms with Gasteiger partial charge in [-0.2, -0.15) is 5.26 Å². The van der Waals surface area contributed by atoms with Crippen LogP contribution in [-0.2, 0) is 4.79 Å². The van der Waals surface area contributed by atoms with Crippen LogP contribution in [0.1, 0.15) is 48.2 Å². The number of carbonyl (C=O) groups excluding carboxylic acids is 1. The molecule has 0 atom stereocenters. The largest absolute Gasteiger partial charge is 0.478 e. The second kappa shape index (κ2) is 8.37. The van der Waals surface area contributed by atoms with Gasteiger partial charge < -0.3 is 14.8 Å². The van der Waals surface area contributed by atoms with Gasteiger partial charge in [0, 0.05) is 17.7 Å². The Morgan fingerprint density at radius 1 is 1.19 bits per heavy atom. The van der Waals surface area contributed by atoms with Crippen molar-refractivity contribution in [1.82, 2.24) is 5.32 Å². The van der Waals surface area contributed by atoms with E-state index in [1.54, 1.807) is 24.3 Å². The van der Waals surface area contributed by atoms with Crippen LogP contribution in [0.3, 0.4) is 0 Å². The molecule has 0 radical (unpaired) electrons. The first-order chi connectivity index (χ1) is 13.1. The Balaban J connectivity index is 1.76. The summed E-state index contributed by atoms with van der Waals surface area (Å²) >= 11 is 0. The van der Waals surface area contributed by atoms with Crippen molar-refractivity contribution in [1.29, 1.82) is 5.26 Å². The minimum absolute atomic E-state index is 0.0132. The van der Waals surface area contributed by atoms with Crippen molar-refractivity contribution >= 4 is 18.0 Å². The molecule has 138 valence electrons. The average Bonchev–Trinajstić information content (AvgIpc) is 3.15. The molecule has 0 aliphatic heterocycles. The van der Waals surface area contributed by atoms with Gasteiger partial charge in [-0.25, -0.2) is 4.79 Å². The van der Waals surface area contributed by atoms with E-state index >= 15 is 0 Å². The summed E-state index contributed by atoms with van der Waals surface area (Å²) in [6.07, 6.45) is 6.65. The van der Waals surface area contributed by atoms with Crippen LogP contribution in [0.2, 0.25) is 0 Å². The number of carboxylic acids is 1. The smallest absolute Gasteiger partial charge is 0.335 e. The molecule has 1 aliphatic carbocycles. The Kier molecular flexibility index (Phi) is 5.72. The number of hydrogen-bond acceptors (Lipinski definition) is 4. The van der Waals surface area contributed by atoms with Gasteiger partial charge in [-0.15, -0.1) is 0 Å². The first kappa shape index (κ1) is 18.5. The zero-order chi connectivity index (χ0) is 19.2. The van der Waals surface area contributed by atoms with Crippen LogP contribution in [0.4, 0.5) is 0 Å². The van der Waals surface area contributed by atoms with Crippen LogP contribution in [0.5, 0.6) is 0 Å². The van der Waals surface area contributed by atoms with Crippen molar-refractivity contribution in [2.45, 2.75) is 38.1 Å². The monoisotopic (exact) mass is 364 g/mol. The third-order valence-corrected chi connectivity index (χ3v) is 4.61. The van der Waals surface area contributed by atoms with E-state index in [-0.39, 0.29) is 17.2 Å². The molecule has 1 aromatic carbocycles. The van der Waals surface area contributed by atoms with E-state index in [1.165, 1.54) is 24.6 Å². The number of hydrogen-bond donors (Lipinski definition) is 2. The van der Waals surface area contributed by atoms with Crippen molar-refractivity contribution in [2.24, 2.45) is 0 Å². The minimum atomic E-state index is -1.02. The van der Waals surface area contributed by atoms with Gasteiger partial charge in [-0.1, -0.05) is 31.4 Å². The molecule has 1 saturated carbocycles. The van der Waals surface area contributed by atoms with Gasteiger partial charge >= 0.3 is 5.97 Å². The van der Waals surface area contributed by atoms with Gasteiger partial charge in [0.1, 0.15) is 23.2 Å². The van der Waals surface area contributed by atoms with Crippen molar-refractivity contribution in [3.05, 3.63) is 53.3 Å². The number of nitriles is 1. The van der Waals surface area contributed by atoms with Crippen molar-refractivity contribution in [3.63, 3.8) is 0 Å². The highest BCUT2D eigenvalue weighted by Gasteiger charge is 2.18. The molecule has 1 fully saturated rings. The summed E-state index contributed by atoms with van der Waals surface area (Å²) in [5.41, 5.74) is 0.756. The molecule has 0 saturated heterocycles. The number of benzene rings is 1. The summed E-state index contributed by atoms with van der Waals surface area (Å²) in [5.74, 6) is -0.583. The minimum Gasteiger partial charge on any atom is -0.478 e. The van der Waals surface area contributed by atoms with Crippen LogP contribution >= 0.6 is 0 Å². The molecule has 0 spiro atoms. The molecule has 6 heteroatoms. The third kappa shape index (κ3) is 4.64. The lowest BCUT2D eigenvalue weighted by atomic mass is 9.95. The summed E-state index contributed by atoms with van der Waals surface area (Å²) in [5, 5.41) is 21.3. The van der Waals surface area contributed by atoms with Gasteiger partial charge in [0.2, 0.25) is 0 Å². The lowest BCUT2D eigenvalue weighted by molar-refractivity contribution is -0.117. The normalized spacial score (nSPS) is 15.1. The summed E-state index contributed by atoms with van der Waals surface area (Å²) in [6.45, 7) is 0. The lowest BCUT2D eigenvalue weighted by Crippen LogP contribution is -2.36. The third-order valence-electron chi connectivity index (χ3n) is 4.61. The van der Waals surface area contributed by atoms with Crippen LogP contribution in [0, 0.1) is 11.3 Å². The number of furan rings is 1. The van der Waals surface area contributed by atoms with E-state index in [4.69, 9.17) is 9.52 Å². The van der Waals surface area contributed by atoms with Crippen molar-refractivity contribution < 1.29 is 19.1 Å². The predicted octanol–water partition coefficient (Wildman–Crippen LogP) is 4.00. The number of carboxylic acid groups (broad SMARTS) is 1. The molecule has 2 aromatic rings. The van der Waals surface area contributed by atoms with Gasteiger partial charge in [0.25, 0.3) is 5.91 Å². The van der Waals surface area contributed by atoms with Crippen LogP contribution in [0.25, 0.3) is 17.4 Å². The molecule has 3 rings (SSSR count). The topological polar surface area (TPSA) is 103 Å². The van der Waals surface area contributed by atoms with E-state index in [0.717, 1.165) is 25.7 Å². The Morgan fingerprint density at radius 2 is 1.96 bits per heavy atom. The highest BCUT2D eigenvalue weighted by Crippen LogP contribution is 2.24. The number of amides is 1. The molecule has 1 amide bonds. The van der Waals surface area contributed by atoms with E-state index in [9.17, 15) is 14.9 Å². The molecule has 0 bridgehead atoms. The van der Waals surface area contributed by atoms with E-state index in [2.05, 4.69) is 5.32 Å². The fourth-order valence-electron chi connectivity index (χ4n) is 3.19. The summed E-state index contributed by atoms with van der Waals surface area (Å²) < 4.78 is 5.68. The second-order valence-electron chi connectivity index (χ2n) is 6.57. The van der Waals surface area contributed by atoms with Gasteiger partial charge in [0.05, 0.1) is 5.56 Å². The van der Waals surface area contributed by atoms with Crippen LogP contribution in [-0.4, -0.2) is 23.0 Å². The molecule has 1 aromatic heterocycles. The van der Waals surface area contributed by atoms with Gasteiger partial charge in [0.15, 0.2) is 0 Å². The fraction of sp³-hybridized carbons (Fsp3) is 0.286. The van der Waals surface area contributed by atoms with Crippen molar-refractivity contribution in [3.8, 4) is 17.4 Å². The Hall–Kier alpha value is -3.33. The van der Waals surface area contributed by atoms with Crippen LogP contribution in [0.15, 0.2) is 46.4 Å². The zero-order valence-corrected chi connectivity index (χ0v) is 14.8. The number of rotatable bonds is 5. The fourth-order valence-corrected chi connectivity index (χ4v) is 3.19. The number of aromatic carboxylic acids is 1. The van der Waals surface area contributed by atoms with Gasteiger partial charge in [-0.05, 0) is 37.1 Å². The van der Waals surface area contributed by atoms with E-state index < -0.39 is 11.9 Å². The summed E-state index contributed by atoms with van der Waals surface area (Å²) in [6, 6.07) is 11.8. The Morgan fingerprint density at radius 3 is 2.67 bits per heavy atom. The number of nitrogens with zero attached hydrogens (tertiary/aromatic N) is 1. The van der Waals surface area contributed by atoms with Gasteiger partial charge in [-0.3, -0.25) is 4.79 Å². The highest BCUT2D eigenvalue weighted by molar-refractivity contribution is 6.01. The Bertz CT molecular complexity index is 914. The maximum absolute atomic E-state index is 12.3. The number of carbonyl (C=O) groups is 2. The Labute approximate surface area is 157 Å². The maximum Gasteiger partial charge on any atom is 0.335 e. The second-order valence-corrected chi connectivity index (χ2v) is 6.57.